The largest absolute Gasteiger partial charge is 0.349 e. The second kappa shape index (κ2) is 7.27. The first-order valence-corrected chi connectivity index (χ1v) is 9.82. The van der Waals surface area contributed by atoms with E-state index in [9.17, 15) is 9.59 Å². The molecule has 3 amide bonds. The Bertz CT molecular complexity index is 674. The van der Waals surface area contributed by atoms with E-state index in [-0.39, 0.29) is 24.0 Å². The summed E-state index contributed by atoms with van der Waals surface area (Å²) in [5, 5.41) is 8.95. The Labute approximate surface area is 154 Å². The molecule has 0 aromatic heterocycles. The Morgan fingerprint density at radius 1 is 1.00 bits per heavy atom. The lowest BCUT2D eigenvalue weighted by molar-refractivity contribution is 0.0756. The number of hydrogen-bond donors (Lipinski definition) is 4. The van der Waals surface area contributed by atoms with Crippen molar-refractivity contribution in [3.05, 3.63) is 29.8 Å². The summed E-state index contributed by atoms with van der Waals surface area (Å²) >= 11 is 0. The van der Waals surface area contributed by atoms with Gasteiger partial charge in [0.1, 0.15) is 0 Å². The summed E-state index contributed by atoms with van der Waals surface area (Å²) in [6.07, 6.45) is 7.64. The Hall–Kier alpha value is -2.08. The fourth-order valence-corrected chi connectivity index (χ4v) is 4.58. The van der Waals surface area contributed by atoms with Crippen LogP contribution in [0.2, 0.25) is 0 Å². The Balaban J connectivity index is 1.39. The normalized spacial score (nSPS) is 30.3. The van der Waals surface area contributed by atoms with Gasteiger partial charge in [-0.25, -0.2) is 4.79 Å². The molecule has 3 fully saturated rings. The summed E-state index contributed by atoms with van der Waals surface area (Å²) in [6.45, 7) is 0. The number of carbonyl (C=O) groups is 2. The van der Waals surface area contributed by atoms with Crippen molar-refractivity contribution < 1.29 is 9.59 Å². The molecule has 2 bridgehead atoms. The molecule has 0 aliphatic heterocycles. The number of urea groups is 1. The summed E-state index contributed by atoms with van der Waals surface area (Å²) in [6, 6.07) is 7.74. The fraction of sp³-hybridized carbons (Fsp3) is 0.600. The highest BCUT2D eigenvalue weighted by Gasteiger charge is 2.40. The summed E-state index contributed by atoms with van der Waals surface area (Å²) < 4.78 is 0. The quantitative estimate of drug-likeness (QED) is 0.668. The molecule has 0 heterocycles. The van der Waals surface area contributed by atoms with Crippen molar-refractivity contribution >= 4 is 17.6 Å². The van der Waals surface area contributed by atoms with E-state index in [1.165, 1.54) is 6.42 Å². The molecule has 6 nitrogen and oxygen atoms in total. The molecule has 1 aromatic carbocycles. The molecular weight excluding hydrogens is 328 g/mol. The van der Waals surface area contributed by atoms with Gasteiger partial charge < -0.3 is 21.7 Å². The van der Waals surface area contributed by atoms with Crippen LogP contribution < -0.4 is 21.7 Å². The van der Waals surface area contributed by atoms with Crippen molar-refractivity contribution in [2.24, 2.45) is 17.6 Å². The van der Waals surface area contributed by atoms with Crippen LogP contribution >= 0.6 is 0 Å². The number of carbonyl (C=O) groups excluding carboxylic acids is 2. The third-order valence-electron chi connectivity index (χ3n) is 5.97. The van der Waals surface area contributed by atoms with Gasteiger partial charge in [-0.15, -0.1) is 0 Å². The summed E-state index contributed by atoms with van der Waals surface area (Å²) in [5.74, 6) is 0.924. The zero-order valence-electron chi connectivity index (χ0n) is 15.0. The average molecular weight is 356 g/mol. The van der Waals surface area contributed by atoms with E-state index in [0.717, 1.165) is 38.5 Å². The zero-order valence-corrected chi connectivity index (χ0v) is 15.0. The topological polar surface area (TPSA) is 96.2 Å². The first-order chi connectivity index (χ1) is 12.6. The Morgan fingerprint density at radius 3 is 2.42 bits per heavy atom. The first kappa shape index (κ1) is 17.3. The maximum atomic E-state index is 12.8. The molecule has 0 radical (unpaired) electrons. The van der Waals surface area contributed by atoms with E-state index in [2.05, 4.69) is 16.0 Å². The summed E-state index contributed by atoms with van der Waals surface area (Å²) in [7, 11) is 0. The summed E-state index contributed by atoms with van der Waals surface area (Å²) in [4.78, 5) is 24.7. The highest BCUT2D eigenvalue weighted by atomic mass is 16.2. The lowest BCUT2D eigenvalue weighted by Crippen LogP contribution is -2.53. The Morgan fingerprint density at radius 2 is 1.73 bits per heavy atom. The monoisotopic (exact) mass is 356 g/mol. The second-order valence-corrected chi connectivity index (χ2v) is 8.14. The third-order valence-corrected chi connectivity index (χ3v) is 5.97. The minimum absolute atomic E-state index is 0.0615. The molecule has 3 saturated carbocycles. The van der Waals surface area contributed by atoms with E-state index < -0.39 is 0 Å². The van der Waals surface area contributed by atoms with Gasteiger partial charge in [-0.1, -0.05) is 12.5 Å². The molecular formula is C20H28N4O2. The van der Waals surface area contributed by atoms with Gasteiger partial charge in [0.25, 0.3) is 5.91 Å². The molecule has 4 rings (SSSR count). The van der Waals surface area contributed by atoms with Crippen molar-refractivity contribution in [3.8, 4) is 0 Å². The number of fused-ring (bicyclic) bond motifs is 2. The number of rotatable bonds is 4. The molecule has 2 atom stereocenters. The predicted molar refractivity (Wildman–Crippen MR) is 101 cm³/mol. The number of benzene rings is 1. The van der Waals surface area contributed by atoms with Crippen LogP contribution in [0, 0.1) is 11.8 Å². The molecule has 5 N–H and O–H groups in total. The molecule has 2 unspecified atom stereocenters. The Kier molecular flexibility index (Phi) is 4.85. The summed E-state index contributed by atoms with van der Waals surface area (Å²) in [5.41, 5.74) is 7.40. The zero-order chi connectivity index (χ0) is 18.1. The fourth-order valence-electron chi connectivity index (χ4n) is 4.58. The van der Waals surface area contributed by atoms with Crippen LogP contribution in [0.15, 0.2) is 24.3 Å². The van der Waals surface area contributed by atoms with Crippen molar-refractivity contribution in [1.29, 1.82) is 0 Å². The molecule has 0 saturated heterocycles. The number of nitrogens with two attached hydrogens (primary N) is 1. The van der Waals surface area contributed by atoms with Crippen molar-refractivity contribution in [2.45, 2.75) is 63.1 Å². The SMILES string of the molecule is NC1CC2CCCC(C1)C2NC(=O)c1cccc(NC(=O)NC2CC2)c1. The van der Waals surface area contributed by atoms with Gasteiger partial charge >= 0.3 is 6.03 Å². The van der Waals surface area contributed by atoms with Crippen LogP contribution in [0.4, 0.5) is 10.5 Å². The number of nitrogens with one attached hydrogen (secondary N) is 3. The lowest BCUT2D eigenvalue weighted by Gasteiger charge is -2.45. The minimum atomic E-state index is -0.208. The van der Waals surface area contributed by atoms with Gasteiger partial charge in [0.05, 0.1) is 0 Å². The van der Waals surface area contributed by atoms with E-state index in [1.807, 2.05) is 0 Å². The van der Waals surface area contributed by atoms with E-state index in [0.29, 0.717) is 29.1 Å². The molecule has 140 valence electrons. The number of hydrogen-bond acceptors (Lipinski definition) is 3. The average Bonchev–Trinajstić information content (AvgIpc) is 3.39. The predicted octanol–water partition coefficient (Wildman–Crippen LogP) is 2.61. The van der Waals surface area contributed by atoms with Gasteiger partial charge in [0.2, 0.25) is 0 Å². The highest BCUT2D eigenvalue weighted by Crippen LogP contribution is 2.39. The maximum absolute atomic E-state index is 12.8. The molecule has 6 heteroatoms. The van der Waals surface area contributed by atoms with Crippen LogP contribution in [-0.4, -0.2) is 30.1 Å². The second-order valence-electron chi connectivity index (χ2n) is 8.14. The molecule has 1 aromatic rings. The van der Waals surface area contributed by atoms with Crippen LogP contribution in [-0.2, 0) is 0 Å². The maximum Gasteiger partial charge on any atom is 0.319 e. The highest BCUT2D eigenvalue weighted by molar-refractivity contribution is 5.97. The van der Waals surface area contributed by atoms with Crippen LogP contribution in [0.5, 0.6) is 0 Å². The lowest BCUT2D eigenvalue weighted by atomic mass is 9.67. The minimum Gasteiger partial charge on any atom is -0.349 e. The number of anilines is 1. The van der Waals surface area contributed by atoms with Crippen molar-refractivity contribution in [2.75, 3.05) is 5.32 Å². The van der Waals surface area contributed by atoms with E-state index >= 15 is 0 Å². The van der Waals surface area contributed by atoms with Crippen LogP contribution in [0.3, 0.4) is 0 Å². The molecule has 3 aliphatic rings. The molecule has 26 heavy (non-hydrogen) atoms. The van der Waals surface area contributed by atoms with E-state index in [4.69, 9.17) is 5.73 Å². The van der Waals surface area contributed by atoms with Gasteiger partial charge in [0, 0.05) is 29.4 Å². The number of amides is 3. The standard InChI is InChI=1S/C20H28N4O2/c21-15-9-12-3-1-4-13(10-15)18(12)24-19(25)14-5-2-6-17(11-14)23-20(26)22-16-7-8-16/h2,5-6,11-13,15-16,18H,1,3-4,7-10,21H2,(H,24,25)(H2,22,23,26). The van der Waals surface area contributed by atoms with Crippen molar-refractivity contribution in [1.82, 2.24) is 10.6 Å². The van der Waals surface area contributed by atoms with Gasteiger partial charge in [-0.05, 0) is 68.6 Å². The van der Waals surface area contributed by atoms with Gasteiger partial charge in [-0.3, -0.25) is 4.79 Å². The van der Waals surface area contributed by atoms with Gasteiger partial charge in [-0.2, -0.15) is 0 Å². The van der Waals surface area contributed by atoms with Crippen LogP contribution in [0.25, 0.3) is 0 Å². The smallest absolute Gasteiger partial charge is 0.319 e. The van der Waals surface area contributed by atoms with Crippen molar-refractivity contribution in [3.63, 3.8) is 0 Å². The van der Waals surface area contributed by atoms with E-state index in [1.54, 1.807) is 24.3 Å². The third kappa shape index (κ3) is 4.01. The van der Waals surface area contributed by atoms with Crippen LogP contribution in [0.1, 0.15) is 55.3 Å². The first-order valence-electron chi connectivity index (χ1n) is 9.82. The molecule has 3 aliphatic carbocycles. The molecule has 0 spiro atoms. The van der Waals surface area contributed by atoms with Gasteiger partial charge in [0.15, 0.2) is 0 Å².